The van der Waals surface area contributed by atoms with Crippen LogP contribution < -0.4 is 0 Å². The molecule has 7 heteroatoms. The summed E-state index contributed by atoms with van der Waals surface area (Å²) >= 11 is 1.97. The van der Waals surface area contributed by atoms with Crippen LogP contribution in [0.2, 0.25) is 0 Å². The lowest BCUT2D eigenvalue weighted by atomic mass is 10.0. The molecular formula is C23H34N4O2S. The summed E-state index contributed by atoms with van der Waals surface area (Å²) in [6, 6.07) is 10.0. The smallest absolute Gasteiger partial charge is 0.244 e. The molecule has 3 saturated heterocycles. The van der Waals surface area contributed by atoms with Crippen LogP contribution in [0.25, 0.3) is 0 Å². The summed E-state index contributed by atoms with van der Waals surface area (Å²) in [7, 11) is 0. The van der Waals surface area contributed by atoms with Crippen LogP contribution in [0, 0.1) is 0 Å². The summed E-state index contributed by atoms with van der Waals surface area (Å²) in [4.78, 5) is 34.7. The first-order valence-corrected chi connectivity index (χ1v) is 12.5. The molecule has 0 unspecified atom stereocenters. The monoisotopic (exact) mass is 430 g/mol. The highest BCUT2D eigenvalue weighted by molar-refractivity contribution is 7.99. The molecule has 1 atom stereocenters. The number of amides is 2. The maximum absolute atomic E-state index is 13.6. The number of carbonyl (C=O) groups is 2. The molecule has 0 aromatic heterocycles. The lowest BCUT2D eigenvalue weighted by Crippen LogP contribution is -2.54. The molecule has 3 fully saturated rings. The number of carbonyl (C=O) groups excluding carboxylic acids is 2. The van der Waals surface area contributed by atoms with Gasteiger partial charge in [-0.3, -0.25) is 19.4 Å². The van der Waals surface area contributed by atoms with Crippen LogP contribution in [0.3, 0.4) is 0 Å². The van der Waals surface area contributed by atoms with Gasteiger partial charge in [-0.1, -0.05) is 30.3 Å². The molecule has 0 spiro atoms. The van der Waals surface area contributed by atoms with Gasteiger partial charge >= 0.3 is 0 Å². The largest absolute Gasteiger partial charge is 0.342 e. The van der Waals surface area contributed by atoms with Gasteiger partial charge in [-0.2, -0.15) is 11.8 Å². The molecule has 1 aromatic carbocycles. The highest BCUT2D eigenvalue weighted by Crippen LogP contribution is 2.27. The van der Waals surface area contributed by atoms with Gasteiger partial charge in [0, 0.05) is 63.9 Å². The van der Waals surface area contributed by atoms with Crippen molar-refractivity contribution in [1.82, 2.24) is 19.6 Å². The number of hydrogen-bond acceptors (Lipinski definition) is 5. The molecule has 2 amide bonds. The van der Waals surface area contributed by atoms with Gasteiger partial charge in [0.1, 0.15) is 6.04 Å². The fourth-order valence-electron chi connectivity index (χ4n) is 4.71. The Morgan fingerprint density at radius 2 is 1.47 bits per heavy atom. The van der Waals surface area contributed by atoms with E-state index in [1.807, 2.05) is 39.8 Å². The second kappa shape index (κ2) is 10.6. The summed E-state index contributed by atoms with van der Waals surface area (Å²) in [5, 5.41) is 0. The van der Waals surface area contributed by atoms with Crippen LogP contribution >= 0.6 is 11.8 Å². The Hall–Kier alpha value is -1.57. The van der Waals surface area contributed by atoms with Crippen LogP contribution in [0.5, 0.6) is 0 Å². The molecule has 3 aliphatic heterocycles. The molecule has 0 aliphatic carbocycles. The summed E-state index contributed by atoms with van der Waals surface area (Å²) in [5.41, 5.74) is 1.09. The van der Waals surface area contributed by atoms with E-state index in [1.165, 1.54) is 6.42 Å². The Kier molecular flexibility index (Phi) is 7.68. The van der Waals surface area contributed by atoms with E-state index in [1.54, 1.807) is 0 Å². The van der Waals surface area contributed by atoms with Gasteiger partial charge in [-0.15, -0.1) is 0 Å². The van der Waals surface area contributed by atoms with Crippen molar-refractivity contribution < 1.29 is 9.59 Å². The van der Waals surface area contributed by atoms with E-state index in [-0.39, 0.29) is 17.9 Å². The molecular weight excluding hydrogens is 396 g/mol. The van der Waals surface area contributed by atoms with Gasteiger partial charge in [0.25, 0.3) is 0 Å². The maximum atomic E-state index is 13.6. The molecule has 1 aromatic rings. The van der Waals surface area contributed by atoms with Gasteiger partial charge in [0.05, 0.1) is 6.54 Å². The topological polar surface area (TPSA) is 47.1 Å². The zero-order valence-electron chi connectivity index (χ0n) is 17.9. The summed E-state index contributed by atoms with van der Waals surface area (Å²) in [5.74, 6) is 2.64. The van der Waals surface area contributed by atoms with Crippen molar-refractivity contribution >= 4 is 23.6 Å². The predicted molar refractivity (Wildman–Crippen MR) is 122 cm³/mol. The Morgan fingerprint density at radius 1 is 0.800 bits per heavy atom. The molecule has 4 rings (SSSR count). The van der Waals surface area contributed by atoms with Crippen molar-refractivity contribution in [3.05, 3.63) is 35.9 Å². The third kappa shape index (κ3) is 5.37. The molecule has 0 radical (unpaired) electrons. The lowest BCUT2D eigenvalue weighted by Gasteiger charge is -2.40. The van der Waals surface area contributed by atoms with Crippen LogP contribution in [-0.4, -0.2) is 102 Å². The average molecular weight is 431 g/mol. The zero-order valence-corrected chi connectivity index (χ0v) is 18.7. The van der Waals surface area contributed by atoms with Crippen LogP contribution in [0.15, 0.2) is 30.3 Å². The highest BCUT2D eigenvalue weighted by atomic mass is 32.2. The summed E-state index contributed by atoms with van der Waals surface area (Å²) in [6.45, 7) is 7.20. The molecule has 0 N–H and O–H groups in total. The number of likely N-dealkylation sites (tertiary alicyclic amines) is 1. The van der Waals surface area contributed by atoms with Crippen molar-refractivity contribution in [3.63, 3.8) is 0 Å². The van der Waals surface area contributed by atoms with Crippen molar-refractivity contribution in [2.24, 2.45) is 0 Å². The molecule has 30 heavy (non-hydrogen) atoms. The van der Waals surface area contributed by atoms with Gasteiger partial charge < -0.3 is 9.80 Å². The first-order valence-electron chi connectivity index (χ1n) is 11.4. The van der Waals surface area contributed by atoms with E-state index >= 15 is 0 Å². The third-order valence-corrected chi connectivity index (χ3v) is 7.45. The van der Waals surface area contributed by atoms with E-state index in [9.17, 15) is 9.59 Å². The quantitative estimate of drug-likeness (QED) is 0.715. The summed E-state index contributed by atoms with van der Waals surface area (Å²) < 4.78 is 0. The number of benzene rings is 1. The molecule has 3 aliphatic rings. The van der Waals surface area contributed by atoms with Gasteiger partial charge in [-0.25, -0.2) is 0 Å². The fraction of sp³-hybridized carbons (Fsp3) is 0.652. The first kappa shape index (κ1) is 21.7. The van der Waals surface area contributed by atoms with Gasteiger partial charge in [-0.05, 0) is 24.8 Å². The SMILES string of the molecule is O=C(CN1CCN(C(=O)[C@H](c2ccccc2)N2CCSCC2)CC1)N1CCCCC1. The minimum atomic E-state index is -0.186. The Morgan fingerprint density at radius 3 is 2.13 bits per heavy atom. The molecule has 3 heterocycles. The minimum absolute atomic E-state index is 0.186. The first-order chi connectivity index (χ1) is 14.7. The standard InChI is InChI=1S/C23H34N4O2S/c28-21(25-9-5-2-6-10-25)19-24-11-13-27(14-12-24)23(29)22(20-7-3-1-4-8-20)26-15-17-30-18-16-26/h1,3-4,7-8,22H,2,5-6,9-19H2/t22-/m0/s1. The number of piperazine rings is 1. The number of hydrogen-bond donors (Lipinski definition) is 0. The normalized spacial score (nSPS) is 22.7. The molecule has 0 bridgehead atoms. The van der Waals surface area contributed by atoms with E-state index in [4.69, 9.17) is 0 Å². The number of nitrogens with zero attached hydrogens (tertiary/aromatic N) is 4. The Balaban J connectivity index is 1.35. The third-order valence-electron chi connectivity index (χ3n) is 6.51. The van der Waals surface area contributed by atoms with Gasteiger partial charge in [0.15, 0.2) is 0 Å². The molecule has 0 saturated carbocycles. The molecule has 6 nitrogen and oxygen atoms in total. The molecule has 164 valence electrons. The van der Waals surface area contributed by atoms with Crippen LogP contribution in [-0.2, 0) is 9.59 Å². The Bertz CT molecular complexity index is 696. The number of piperidine rings is 1. The lowest BCUT2D eigenvalue weighted by molar-refractivity contribution is -0.140. The Labute approximate surface area is 184 Å². The van der Waals surface area contributed by atoms with Gasteiger partial charge in [0.2, 0.25) is 11.8 Å². The predicted octanol–water partition coefficient (Wildman–Crippen LogP) is 1.93. The van der Waals surface area contributed by atoms with E-state index in [0.717, 1.165) is 69.2 Å². The summed E-state index contributed by atoms with van der Waals surface area (Å²) in [6.07, 6.45) is 3.50. The second-order valence-corrected chi connectivity index (χ2v) is 9.73. The second-order valence-electron chi connectivity index (χ2n) is 8.50. The average Bonchev–Trinajstić information content (AvgIpc) is 2.81. The van der Waals surface area contributed by atoms with Crippen molar-refractivity contribution in [2.45, 2.75) is 25.3 Å². The van der Waals surface area contributed by atoms with Crippen molar-refractivity contribution in [3.8, 4) is 0 Å². The maximum Gasteiger partial charge on any atom is 0.244 e. The van der Waals surface area contributed by atoms with E-state index < -0.39 is 0 Å². The van der Waals surface area contributed by atoms with Crippen molar-refractivity contribution in [2.75, 3.05) is 70.4 Å². The van der Waals surface area contributed by atoms with E-state index in [0.29, 0.717) is 19.6 Å². The fourth-order valence-corrected chi connectivity index (χ4v) is 5.65. The minimum Gasteiger partial charge on any atom is -0.342 e. The highest BCUT2D eigenvalue weighted by Gasteiger charge is 2.34. The van der Waals surface area contributed by atoms with Crippen LogP contribution in [0.4, 0.5) is 0 Å². The number of rotatable bonds is 5. The number of thioether (sulfide) groups is 1. The van der Waals surface area contributed by atoms with Crippen LogP contribution in [0.1, 0.15) is 30.9 Å². The van der Waals surface area contributed by atoms with E-state index in [2.05, 4.69) is 21.9 Å². The van der Waals surface area contributed by atoms with Crippen molar-refractivity contribution in [1.29, 1.82) is 0 Å². The zero-order chi connectivity index (χ0) is 20.8.